The molecule has 0 aromatic heterocycles. The molecule has 0 aliphatic rings. The molecule has 118 valence electrons. The predicted octanol–water partition coefficient (Wildman–Crippen LogP) is 3.20. The summed E-state index contributed by atoms with van der Waals surface area (Å²) in [4.78, 5) is 23.5. The van der Waals surface area contributed by atoms with Crippen LogP contribution in [0.5, 0.6) is 0 Å². The molecule has 0 bridgehead atoms. The Morgan fingerprint density at radius 3 is 2.35 bits per heavy atom. The molecule has 0 atom stereocenters. The molecule has 2 aromatic carbocycles. The Bertz CT molecular complexity index is 747. The van der Waals surface area contributed by atoms with E-state index in [0.717, 1.165) is 3.57 Å². The summed E-state index contributed by atoms with van der Waals surface area (Å²) in [5.41, 5.74) is 1.65. The van der Waals surface area contributed by atoms with E-state index >= 15 is 0 Å². The van der Waals surface area contributed by atoms with E-state index < -0.39 is 5.97 Å². The molecule has 23 heavy (non-hydrogen) atoms. The summed E-state index contributed by atoms with van der Waals surface area (Å²) in [5, 5.41) is 5.69. The molecule has 0 aliphatic carbocycles. The van der Waals surface area contributed by atoms with Crippen LogP contribution in [0.4, 0.5) is 5.69 Å². The Morgan fingerprint density at radius 2 is 1.74 bits per heavy atom. The van der Waals surface area contributed by atoms with Gasteiger partial charge in [-0.05, 0) is 71.2 Å². The molecule has 0 fully saturated rings. The first-order valence-electron chi connectivity index (χ1n) is 6.56. The second kappa shape index (κ2) is 8.02. The van der Waals surface area contributed by atoms with Crippen LogP contribution < -0.4 is 10.6 Å². The molecule has 2 N–H and O–H groups in total. The number of carbonyl (C=O) groups is 2. The molecule has 0 unspecified atom stereocenters. The van der Waals surface area contributed by atoms with E-state index in [4.69, 9.17) is 12.2 Å². The number of nitrogens with one attached hydrogen (secondary N) is 2. The van der Waals surface area contributed by atoms with Gasteiger partial charge in [0.25, 0.3) is 5.91 Å². The van der Waals surface area contributed by atoms with Crippen LogP contribution in [0.3, 0.4) is 0 Å². The Hall–Kier alpha value is -2.00. The van der Waals surface area contributed by atoms with Gasteiger partial charge in [-0.1, -0.05) is 12.1 Å². The number of hydrogen-bond donors (Lipinski definition) is 2. The molecule has 0 saturated heterocycles. The van der Waals surface area contributed by atoms with Crippen LogP contribution in [0.15, 0.2) is 48.5 Å². The highest BCUT2D eigenvalue weighted by atomic mass is 127. The van der Waals surface area contributed by atoms with Gasteiger partial charge in [0.2, 0.25) is 0 Å². The Labute approximate surface area is 152 Å². The standard InChI is InChI=1S/C16H13IN2O3S/c1-22-15(21)10-6-8-11(9-7-10)18-16(23)19-14(20)12-4-2-3-5-13(12)17/h2-9H,1H3,(H2,18,19,20,23). The van der Waals surface area contributed by atoms with Crippen molar-refractivity contribution in [3.63, 3.8) is 0 Å². The van der Waals surface area contributed by atoms with Crippen LogP contribution in [0.2, 0.25) is 0 Å². The monoisotopic (exact) mass is 440 g/mol. The minimum Gasteiger partial charge on any atom is -0.465 e. The van der Waals surface area contributed by atoms with E-state index in [2.05, 4.69) is 38.0 Å². The Kier molecular flexibility index (Phi) is 6.05. The minimum absolute atomic E-state index is 0.181. The summed E-state index contributed by atoms with van der Waals surface area (Å²) >= 11 is 7.22. The second-order valence-corrected chi connectivity index (χ2v) is 6.03. The number of esters is 1. The van der Waals surface area contributed by atoms with Gasteiger partial charge < -0.3 is 10.1 Å². The van der Waals surface area contributed by atoms with Gasteiger partial charge in [-0.2, -0.15) is 0 Å². The lowest BCUT2D eigenvalue weighted by Crippen LogP contribution is -2.34. The Balaban J connectivity index is 1.98. The highest BCUT2D eigenvalue weighted by Gasteiger charge is 2.11. The maximum Gasteiger partial charge on any atom is 0.337 e. The fourth-order valence-electron chi connectivity index (χ4n) is 1.79. The fourth-order valence-corrected chi connectivity index (χ4v) is 2.63. The number of halogens is 1. The molecule has 0 radical (unpaired) electrons. The number of thiocarbonyl (C=S) groups is 1. The molecule has 0 spiro atoms. The van der Waals surface area contributed by atoms with Crippen LogP contribution in [-0.2, 0) is 4.74 Å². The van der Waals surface area contributed by atoms with Crippen molar-refractivity contribution in [2.45, 2.75) is 0 Å². The molecule has 0 heterocycles. The van der Waals surface area contributed by atoms with Gasteiger partial charge in [0.1, 0.15) is 0 Å². The topological polar surface area (TPSA) is 67.4 Å². The van der Waals surface area contributed by atoms with E-state index in [0.29, 0.717) is 16.8 Å². The van der Waals surface area contributed by atoms with Gasteiger partial charge >= 0.3 is 5.97 Å². The average Bonchev–Trinajstić information content (AvgIpc) is 2.55. The summed E-state index contributed by atoms with van der Waals surface area (Å²) in [6.45, 7) is 0. The van der Waals surface area contributed by atoms with E-state index in [-0.39, 0.29) is 11.0 Å². The van der Waals surface area contributed by atoms with Gasteiger partial charge in [0.15, 0.2) is 5.11 Å². The molecular weight excluding hydrogens is 427 g/mol. The van der Waals surface area contributed by atoms with E-state index in [1.807, 2.05) is 12.1 Å². The lowest BCUT2D eigenvalue weighted by Gasteiger charge is -2.10. The summed E-state index contributed by atoms with van der Waals surface area (Å²) in [6.07, 6.45) is 0. The second-order valence-electron chi connectivity index (χ2n) is 4.46. The summed E-state index contributed by atoms with van der Waals surface area (Å²) in [5.74, 6) is -0.690. The van der Waals surface area contributed by atoms with Crippen molar-refractivity contribution < 1.29 is 14.3 Å². The molecule has 0 saturated carbocycles. The van der Waals surface area contributed by atoms with Gasteiger partial charge in [-0.15, -0.1) is 0 Å². The van der Waals surface area contributed by atoms with Crippen molar-refractivity contribution in [3.8, 4) is 0 Å². The van der Waals surface area contributed by atoms with Gasteiger partial charge in [0, 0.05) is 9.26 Å². The maximum absolute atomic E-state index is 12.1. The molecule has 7 heteroatoms. The first-order valence-corrected chi connectivity index (χ1v) is 8.05. The molecule has 2 rings (SSSR count). The van der Waals surface area contributed by atoms with Gasteiger partial charge in [-0.3, -0.25) is 10.1 Å². The zero-order valence-electron chi connectivity index (χ0n) is 12.1. The summed E-state index contributed by atoms with van der Waals surface area (Å²) in [7, 11) is 1.32. The quantitative estimate of drug-likeness (QED) is 0.436. The van der Waals surface area contributed by atoms with Crippen molar-refractivity contribution in [2.75, 3.05) is 12.4 Å². The third kappa shape index (κ3) is 4.73. The summed E-state index contributed by atoms with van der Waals surface area (Å²) < 4.78 is 5.47. The van der Waals surface area contributed by atoms with Crippen molar-refractivity contribution in [3.05, 3.63) is 63.2 Å². The third-order valence-corrected chi connectivity index (χ3v) is 4.05. The number of benzene rings is 2. The van der Waals surface area contributed by atoms with Crippen LogP contribution in [0, 0.1) is 3.57 Å². The fraction of sp³-hybridized carbons (Fsp3) is 0.0625. The molecule has 1 amide bonds. The lowest BCUT2D eigenvalue weighted by molar-refractivity contribution is 0.0600. The number of ether oxygens (including phenoxy) is 1. The van der Waals surface area contributed by atoms with Crippen LogP contribution in [0.25, 0.3) is 0 Å². The third-order valence-electron chi connectivity index (χ3n) is 2.91. The summed E-state index contributed by atoms with van der Waals surface area (Å²) in [6, 6.07) is 13.8. The number of methoxy groups -OCH3 is 1. The SMILES string of the molecule is COC(=O)c1ccc(NC(=S)NC(=O)c2ccccc2I)cc1. The number of amides is 1. The van der Waals surface area contributed by atoms with Crippen LogP contribution in [-0.4, -0.2) is 24.1 Å². The van der Waals surface area contributed by atoms with Crippen LogP contribution >= 0.6 is 34.8 Å². The van der Waals surface area contributed by atoms with Gasteiger partial charge in [-0.25, -0.2) is 4.79 Å². The molecular formula is C16H13IN2O3S. The zero-order valence-corrected chi connectivity index (χ0v) is 15.1. The number of rotatable bonds is 3. The highest BCUT2D eigenvalue weighted by Crippen LogP contribution is 2.12. The van der Waals surface area contributed by atoms with E-state index in [1.165, 1.54) is 7.11 Å². The number of carbonyl (C=O) groups excluding carboxylic acids is 2. The number of hydrogen-bond acceptors (Lipinski definition) is 4. The lowest BCUT2D eigenvalue weighted by atomic mass is 10.2. The zero-order chi connectivity index (χ0) is 16.8. The highest BCUT2D eigenvalue weighted by molar-refractivity contribution is 14.1. The smallest absolute Gasteiger partial charge is 0.337 e. The van der Waals surface area contributed by atoms with E-state index in [1.54, 1.807) is 36.4 Å². The Morgan fingerprint density at radius 1 is 1.09 bits per heavy atom. The molecule has 0 aliphatic heterocycles. The predicted molar refractivity (Wildman–Crippen MR) is 101 cm³/mol. The normalized spacial score (nSPS) is 9.83. The van der Waals surface area contributed by atoms with Crippen LogP contribution in [0.1, 0.15) is 20.7 Å². The van der Waals surface area contributed by atoms with Crippen molar-refractivity contribution >= 4 is 57.5 Å². The van der Waals surface area contributed by atoms with Crippen molar-refractivity contribution in [1.29, 1.82) is 0 Å². The van der Waals surface area contributed by atoms with Gasteiger partial charge in [0.05, 0.1) is 18.2 Å². The minimum atomic E-state index is -0.411. The van der Waals surface area contributed by atoms with E-state index in [9.17, 15) is 9.59 Å². The first kappa shape index (κ1) is 17.4. The largest absolute Gasteiger partial charge is 0.465 e. The average molecular weight is 440 g/mol. The first-order chi connectivity index (χ1) is 11.0. The maximum atomic E-state index is 12.1. The number of anilines is 1. The molecule has 5 nitrogen and oxygen atoms in total. The molecule has 2 aromatic rings. The van der Waals surface area contributed by atoms with Crippen molar-refractivity contribution in [1.82, 2.24) is 5.32 Å². The van der Waals surface area contributed by atoms with Crippen molar-refractivity contribution in [2.24, 2.45) is 0 Å².